The van der Waals surface area contributed by atoms with Crippen molar-refractivity contribution < 1.29 is 9.59 Å². The number of primary amides is 1. The molecule has 1 aliphatic rings. The predicted molar refractivity (Wildman–Crippen MR) is 100 cm³/mol. The van der Waals surface area contributed by atoms with Crippen LogP contribution in [0.15, 0.2) is 36.7 Å². The zero-order valence-corrected chi connectivity index (χ0v) is 15.3. The number of likely N-dealkylation sites (tertiary alicyclic amines) is 1. The summed E-state index contributed by atoms with van der Waals surface area (Å²) in [7, 11) is 3.91. The van der Waals surface area contributed by atoms with E-state index in [0.29, 0.717) is 12.1 Å². The SMILES string of the molecule is CN(C)c1cccc(C(=O)N2CCC[C@@H](c3nccn3CC(N)=O)C2)c1. The zero-order valence-electron chi connectivity index (χ0n) is 15.3. The molecule has 0 radical (unpaired) electrons. The minimum Gasteiger partial charge on any atom is -0.378 e. The fourth-order valence-corrected chi connectivity index (χ4v) is 3.45. The van der Waals surface area contributed by atoms with Crippen molar-refractivity contribution in [3.8, 4) is 0 Å². The molecule has 0 unspecified atom stereocenters. The van der Waals surface area contributed by atoms with E-state index in [1.54, 1.807) is 17.0 Å². The summed E-state index contributed by atoms with van der Waals surface area (Å²) in [5.41, 5.74) is 7.01. The van der Waals surface area contributed by atoms with Crippen LogP contribution < -0.4 is 10.6 Å². The predicted octanol–water partition coefficient (Wildman–Crippen LogP) is 1.45. The van der Waals surface area contributed by atoms with Gasteiger partial charge in [0.2, 0.25) is 5.91 Å². The average molecular weight is 355 g/mol. The molecule has 0 bridgehead atoms. The van der Waals surface area contributed by atoms with E-state index in [0.717, 1.165) is 30.9 Å². The van der Waals surface area contributed by atoms with E-state index in [1.807, 2.05) is 48.2 Å². The third kappa shape index (κ3) is 3.87. The van der Waals surface area contributed by atoms with Crippen LogP contribution in [0.3, 0.4) is 0 Å². The number of benzene rings is 1. The Morgan fingerprint density at radius 3 is 2.88 bits per heavy atom. The van der Waals surface area contributed by atoms with Gasteiger partial charge in [-0.05, 0) is 31.0 Å². The summed E-state index contributed by atoms with van der Waals surface area (Å²) < 4.78 is 1.79. The van der Waals surface area contributed by atoms with Gasteiger partial charge in [0.1, 0.15) is 12.4 Å². The number of aromatic nitrogens is 2. The number of nitrogens with two attached hydrogens (primary N) is 1. The van der Waals surface area contributed by atoms with E-state index in [9.17, 15) is 9.59 Å². The lowest BCUT2D eigenvalue weighted by atomic mass is 9.96. The number of anilines is 1. The Morgan fingerprint density at radius 2 is 2.15 bits per heavy atom. The summed E-state index contributed by atoms with van der Waals surface area (Å²) in [4.78, 5) is 32.5. The molecule has 0 aliphatic carbocycles. The van der Waals surface area contributed by atoms with Crippen LogP contribution in [0.2, 0.25) is 0 Å². The first-order valence-corrected chi connectivity index (χ1v) is 8.81. The van der Waals surface area contributed by atoms with E-state index in [1.165, 1.54) is 0 Å². The van der Waals surface area contributed by atoms with Crippen molar-refractivity contribution in [3.63, 3.8) is 0 Å². The van der Waals surface area contributed by atoms with Crippen molar-refractivity contribution in [1.82, 2.24) is 14.5 Å². The summed E-state index contributed by atoms with van der Waals surface area (Å²) in [6.45, 7) is 1.45. The van der Waals surface area contributed by atoms with Gasteiger partial charge in [0.15, 0.2) is 0 Å². The Kier molecular flexibility index (Phi) is 5.25. The quantitative estimate of drug-likeness (QED) is 0.880. The fourth-order valence-electron chi connectivity index (χ4n) is 3.45. The first-order valence-electron chi connectivity index (χ1n) is 8.81. The van der Waals surface area contributed by atoms with Gasteiger partial charge >= 0.3 is 0 Å². The van der Waals surface area contributed by atoms with Crippen molar-refractivity contribution in [2.24, 2.45) is 5.73 Å². The molecule has 0 saturated carbocycles. The van der Waals surface area contributed by atoms with E-state index >= 15 is 0 Å². The van der Waals surface area contributed by atoms with Crippen LogP contribution in [0, 0.1) is 0 Å². The number of rotatable bonds is 5. The van der Waals surface area contributed by atoms with Gasteiger partial charge in [-0.25, -0.2) is 4.98 Å². The smallest absolute Gasteiger partial charge is 0.253 e. The number of carbonyl (C=O) groups excluding carboxylic acids is 2. The van der Waals surface area contributed by atoms with Gasteiger partial charge in [0.05, 0.1) is 0 Å². The van der Waals surface area contributed by atoms with Crippen LogP contribution in [-0.4, -0.2) is 53.5 Å². The Morgan fingerprint density at radius 1 is 1.35 bits per heavy atom. The summed E-state index contributed by atoms with van der Waals surface area (Å²) in [5, 5.41) is 0. The van der Waals surface area contributed by atoms with Gasteiger partial charge < -0.3 is 20.1 Å². The maximum atomic E-state index is 13.0. The molecule has 1 aliphatic heterocycles. The molecule has 3 rings (SSSR count). The average Bonchev–Trinajstić information content (AvgIpc) is 3.08. The van der Waals surface area contributed by atoms with Crippen LogP contribution in [-0.2, 0) is 11.3 Å². The van der Waals surface area contributed by atoms with Gasteiger partial charge in [0, 0.05) is 56.7 Å². The molecule has 2 aromatic rings. The summed E-state index contributed by atoms with van der Waals surface area (Å²) in [6.07, 6.45) is 5.30. The molecule has 7 nitrogen and oxygen atoms in total. The van der Waals surface area contributed by atoms with Crippen LogP contribution in [0.4, 0.5) is 5.69 Å². The first-order chi connectivity index (χ1) is 12.5. The maximum absolute atomic E-state index is 13.0. The van der Waals surface area contributed by atoms with Gasteiger partial charge in [-0.1, -0.05) is 6.07 Å². The molecular formula is C19H25N5O2. The van der Waals surface area contributed by atoms with Crippen molar-refractivity contribution >= 4 is 17.5 Å². The second kappa shape index (κ2) is 7.59. The fraction of sp³-hybridized carbons (Fsp3) is 0.421. The number of amides is 2. The molecule has 2 heterocycles. The van der Waals surface area contributed by atoms with Gasteiger partial charge in [-0.3, -0.25) is 9.59 Å². The molecule has 1 saturated heterocycles. The highest BCUT2D eigenvalue weighted by atomic mass is 16.2. The number of piperidine rings is 1. The van der Waals surface area contributed by atoms with Crippen molar-refractivity contribution in [2.45, 2.75) is 25.3 Å². The second-order valence-corrected chi connectivity index (χ2v) is 6.91. The molecule has 1 aromatic heterocycles. The molecule has 26 heavy (non-hydrogen) atoms. The van der Waals surface area contributed by atoms with Gasteiger partial charge in [-0.2, -0.15) is 0 Å². The van der Waals surface area contributed by atoms with Crippen molar-refractivity contribution in [2.75, 3.05) is 32.1 Å². The summed E-state index contributed by atoms with van der Waals surface area (Å²) in [6, 6.07) is 7.66. The van der Waals surface area contributed by atoms with Gasteiger partial charge in [-0.15, -0.1) is 0 Å². The zero-order chi connectivity index (χ0) is 18.7. The summed E-state index contributed by atoms with van der Waals surface area (Å²) in [5.74, 6) is 0.572. The maximum Gasteiger partial charge on any atom is 0.253 e. The van der Waals surface area contributed by atoms with Crippen LogP contribution in [0.1, 0.15) is 34.9 Å². The molecule has 138 valence electrons. The Hall–Kier alpha value is -2.83. The lowest BCUT2D eigenvalue weighted by molar-refractivity contribution is -0.118. The topological polar surface area (TPSA) is 84.5 Å². The number of hydrogen-bond acceptors (Lipinski definition) is 4. The Balaban J connectivity index is 1.76. The Labute approximate surface area is 153 Å². The monoisotopic (exact) mass is 355 g/mol. The first kappa shape index (κ1) is 18.0. The molecule has 7 heteroatoms. The molecule has 0 spiro atoms. The van der Waals surface area contributed by atoms with Crippen molar-refractivity contribution in [3.05, 3.63) is 48.0 Å². The van der Waals surface area contributed by atoms with Crippen LogP contribution >= 0.6 is 0 Å². The third-order valence-electron chi connectivity index (χ3n) is 4.76. The normalized spacial score (nSPS) is 17.2. The van der Waals surface area contributed by atoms with Crippen LogP contribution in [0.25, 0.3) is 0 Å². The van der Waals surface area contributed by atoms with E-state index in [2.05, 4.69) is 4.98 Å². The molecule has 2 amide bonds. The number of nitrogens with zero attached hydrogens (tertiary/aromatic N) is 4. The molecule has 1 atom stereocenters. The van der Waals surface area contributed by atoms with E-state index in [-0.39, 0.29) is 18.4 Å². The minimum absolute atomic E-state index is 0.0337. The third-order valence-corrected chi connectivity index (χ3v) is 4.76. The second-order valence-electron chi connectivity index (χ2n) is 6.91. The molecular weight excluding hydrogens is 330 g/mol. The highest BCUT2D eigenvalue weighted by Crippen LogP contribution is 2.27. The lowest BCUT2D eigenvalue weighted by Gasteiger charge is -2.33. The lowest BCUT2D eigenvalue weighted by Crippen LogP contribution is -2.40. The van der Waals surface area contributed by atoms with E-state index < -0.39 is 5.91 Å². The number of imidazole rings is 1. The number of hydrogen-bond donors (Lipinski definition) is 1. The van der Waals surface area contributed by atoms with E-state index in [4.69, 9.17) is 5.73 Å². The molecule has 1 aromatic carbocycles. The van der Waals surface area contributed by atoms with Crippen molar-refractivity contribution in [1.29, 1.82) is 0 Å². The standard InChI is InChI=1S/C19H25N5O2/c1-22(2)16-7-3-5-14(11-16)19(26)24-9-4-6-15(12-24)18-21-8-10-23(18)13-17(20)25/h3,5,7-8,10-11,15H,4,6,9,12-13H2,1-2H3,(H2,20,25)/t15-/m1/s1. The summed E-state index contributed by atoms with van der Waals surface area (Å²) >= 11 is 0. The minimum atomic E-state index is -0.395. The van der Waals surface area contributed by atoms with Crippen LogP contribution in [0.5, 0.6) is 0 Å². The molecule has 2 N–H and O–H groups in total. The van der Waals surface area contributed by atoms with Gasteiger partial charge in [0.25, 0.3) is 5.91 Å². The Bertz CT molecular complexity index is 799. The largest absolute Gasteiger partial charge is 0.378 e. The highest BCUT2D eigenvalue weighted by Gasteiger charge is 2.28. The molecule has 1 fully saturated rings. The number of carbonyl (C=O) groups is 2. The highest BCUT2D eigenvalue weighted by molar-refractivity contribution is 5.95.